The van der Waals surface area contributed by atoms with Crippen LogP contribution in [0, 0.1) is 11.8 Å². The van der Waals surface area contributed by atoms with E-state index < -0.39 is 5.97 Å². The number of hydrogen-bond donors (Lipinski definition) is 2. The number of carbonyl (C=O) groups excluding carboxylic acids is 1. The number of carbonyl (C=O) groups is 2. The highest BCUT2D eigenvalue weighted by Crippen LogP contribution is 2.33. The van der Waals surface area contributed by atoms with Crippen LogP contribution in [0.3, 0.4) is 0 Å². The van der Waals surface area contributed by atoms with Gasteiger partial charge in [-0.2, -0.15) is 0 Å². The Balaban J connectivity index is 2.15. The van der Waals surface area contributed by atoms with E-state index in [1.54, 1.807) is 12.1 Å². The van der Waals surface area contributed by atoms with Crippen molar-refractivity contribution in [3.63, 3.8) is 0 Å². The molecule has 1 aromatic rings. The van der Waals surface area contributed by atoms with Crippen molar-refractivity contribution in [3.05, 3.63) is 23.8 Å². The summed E-state index contributed by atoms with van der Waals surface area (Å²) in [6.45, 7) is 7.70. The molecule has 0 radical (unpaired) electrons. The van der Waals surface area contributed by atoms with Gasteiger partial charge in [0.15, 0.2) is 0 Å². The Morgan fingerprint density at radius 2 is 1.88 bits per heavy atom. The van der Waals surface area contributed by atoms with E-state index in [0.717, 1.165) is 43.5 Å². The van der Waals surface area contributed by atoms with E-state index in [-0.39, 0.29) is 11.5 Å². The zero-order chi connectivity index (χ0) is 17.7. The maximum absolute atomic E-state index is 11.6. The minimum absolute atomic E-state index is 0.204. The van der Waals surface area contributed by atoms with E-state index in [1.165, 1.54) is 19.8 Å². The van der Waals surface area contributed by atoms with Crippen LogP contribution in [0.15, 0.2) is 18.2 Å². The number of nitrogens with one attached hydrogen (secondary N) is 1. The van der Waals surface area contributed by atoms with Gasteiger partial charge in [-0.3, -0.25) is 4.79 Å². The standard InChI is InChI=1S/C19H28N2O3/c1-4-14(5-2)15-8-10-21(11-9-15)18-7-6-16(20-13(3)22)12-17(18)19(23)24/h6-7,12,14-15H,4-5,8-11H2,1-3H3,(H,20,22)(H,23,24). The summed E-state index contributed by atoms with van der Waals surface area (Å²) < 4.78 is 0. The lowest BCUT2D eigenvalue weighted by atomic mass is 9.81. The van der Waals surface area contributed by atoms with Gasteiger partial charge in [-0.05, 0) is 42.9 Å². The topological polar surface area (TPSA) is 69.6 Å². The summed E-state index contributed by atoms with van der Waals surface area (Å²) in [5.74, 6) is 0.348. The number of carboxylic acids is 1. The SMILES string of the molecule is CCC(CC)C1CCN(c2ccc(NC(C)=O)cc2C(=O)O)CC1. The van der Waals surface area contributed by atoms with Crippen LogP contribution in [-0.4, -0.2) is 30.1 Å². The fourth-order valence-corrected chi connectivity index (χ4v) is 3.83. The molecule has 0 bridgehead atoms. The van der Waals surface area contributed by atoms with Gasteiger partial charge < -0.3 is 15.3 Å². The van der Waals surface area contributed by atoms with Gasteiger partial charge in [0.05, 0.1) is 11.3 Å². The summed E-state index contributed by atoms with van der Waals surface area (Å²) in [7, 11) is 0. The quantitative estimate of drug-likeness (QED) is 0.826. The first-order valence-electron chi connectivity index (χ1n) is 8.86. The second kappa shape index (κ2) is 8.18. The van der Waals surface area contributed by atoms with Crippen molar-refractivity contribution < 1.29 is 14.7 Å². The number of nitrogens with zero attached hydrogens (tertiary/aromatic N) is 1. The van der Waals surface area contributed by atoms with Gasteiger partial charge >= 0.3 is 5.97 Å². The van der Waals surface area contributed by atoms with Crippen molar-refractivity contribution in [2.45, 2.75) is 46.5 Å². The first kappa shape index (κ1) is 18.3. The van der Waals surface area contributed by atoms with Crippen LogP contribution >= 0.6 is 0 Å². The van der Waals surface area contributed by atoms with Crippen LogP contribution in [0.5, 0.6) is 0 Å². The second-order valence-electron chi connectivity index (χ2n) is 6.62. The normalized spacial score (nSPS) is 15.6. The number of hydrogen-bond acceptors (Lipinski definition) is 3. The first-order chi connectivity index (χ1) is 11.5. The number of amides is 1. The zero-order valence-corrected chi connectivity index (χ0v) is 14.8. The molecule has 0 unspecified atom stereocenters. The summed E-state index contributed by atoms with van der Waals surface area (Å²) in [6, 6.07) is 5.13. The largest absolute Gasteiger partial charge is 0.478 e. The summed E-state index contributed by atoms with van der Waals surface area (Å²) in [5.41, 5.74) is 1.53. The van der Waals surface area contributed by atoms with Crippen LogP contribution in [0.4, 0.5) is 11.4 Å². The molecule has 1 heterocycles. The monoisotopic (exact) mass is 332 g/mol. The fraction of sp³-hybridized carbons (Fsp3) is 0.579. The molecule has 5 heteroatoms. The van der Waals surface area contributed by atoms with Crippen LogP contribution < -0.4 is 10.2 Å². The molecule has 24 heavy (non-hydrogen) atoms. The molecule has 1 aliphatic rings. The summed E-state index contributed by atoms with van der Waals surface area (Å²) in [4.78, 5) is 25.0. The molecule has 1 fully saturated rings. The van der Waals surface area contributed by atoms with Gasteiger partial charge in [-0.1, -0.05) is 26.7 Å². The third-order valence-corrected chi connectivity index (χ3v) is 5.14. The van der Waals surface area contributed by atoms with Crippen molar-refractivity contribution in [1.82, 2.24) is 0 Å². The molecule has 1 aromatic carbocycles. The maximum Gasteiger partial charge on any atom is 0.337 e. The molecule has 1 amide bonds. The lowest BCUT2D eigenvalue weighted by Crippen LogP contribution is -2.36. The van der Waals surface area contributed by atoms with Gasteiger partial charge in [0.2, 0.25) is 5.91 Å². The number of rotatable bonds is 6. The number of aromatic carboxylic acids is 1. The van der Waals surface area contributed by atoms with Gasteiger partial charge in [-0.25, -0.2) is 4.79 Å². The van der Waals surface area contributed by atoms with E-state index in [4.69, 9.17) is 0 Å². The summed E-state index contributed by atoms with van der Waals surface area (Å²) in [5, 5.41) is 12.2. The molecule has 0 saturated carbocycles. The highest BCUT2D eigenvalue weighted by atomic mass is 16.4. The Labute approximate surface area is 144 Å². The Kier molecular flexibility index (Phi) is 6.23. The van der Waals surface area contributed by atoms with Gasteiger partial charge in [0.1, 0.15) is 0 Å². The zero-order valence-electron chi connectivity index (χ0n) is 14.8. The van der Waals surface area contributed by atoms with Gasteiger partial charge in [-0.15, -0.1) is 0 Å². The fourth-order valence-electron chi connectivity index (χ4n) is 3.83. The minimum Gasteiger partial charge on any atom is -0.478 e. The number of benzene rings is 1. The Morgan fingerprint density at radius 1 is 1.25 bits per heavy atom. The minimum atomic E-state index is -0.959. The first-order valence-corrected chi connectivity index (χ1v) is 8.86. The summed E-state index contributed by atoms with van der Waals surface area (Å²) in [6.07, 6.45) is 4.65. The maximum atomic E-state index is 11.6. The third kappa shape index (κ3) is 4.28. The van der Waals surface area contributed by atoms with Crippen molar-refractivity contribution in [1.29, 1.82) is 0 Å². The van der Waals surface area contributed by atoms with Gasteiger partial charge in [0, 0.05) is 25.7 Å². The van der Waals surface area contributed by atoms with E-state index in [2.05, 4.69) is 24.1 Å². The molecule has 5 nitrogen and oxygen atoms in total. The van der Waals surface area contributed by atoms with Crippen LogP contribution in [-0.2, 0) is 4.79 Å². The van der Waals surface area contributed by atoms with Crippen molar-refractivity contribution >= 4 is 23.3 Å². The molecular weight excluding hydrogens is 304 g/mol. The molecule has 1 aliphatic heterocycles. The molecule has 0 atom stereocenters. The second-order valence-corrected chi connectivity index (χ2v) is 6.62. The molecule has 132 valence electrons. The molecule has 0 aliphatic carbocycles. The molecule has 2 N–H and O–H groups in total. The third-order valence-electron chi connectivity index (χ3n) is 5.14. The highest BCUT2D eigenvalue weighted by Gasteiger charge is 2.26. The number of anilines is 2. The lowest BCUT2D eigenvalue weighted by Gasteiger charge is -2.37. The van der Waals surface area contributed by atoms with Crippen molar-refractivity contribution in [3.8, 4) is 0 Å². The molecule has 1 saturated heterocycles. The van der Waals surface area contributed by atoms with Crippen molar-refractivity contribution in [2.75, 3.05) is 23.3 Å². The van der Waals surface area contributed by atoms with E-state index in [0.29, 0.717) is 5.69 Å². The lowest BCUT2D eigenvalue weighted by molar-refractivity contribution is -0.114. The smallest absolute Gasteiger partial charge is 0.337 e. The molecule has 0 spiro atoms. The average molecular weight is 332 g/mol. The van der Waals surface area contributed by atoms with Crippen LogP contribution in [0.2, 0.25) is 0 Å². The highest BCUT2D eigenvalue weighted by molar-refractivity contribution is 5.97. The summed E-state index contributed by atoms with van der Waals surface area (Å²) >= 11 is 0. The van der Waals surface area contributed by atoms with Crippen LogP contribution in [0.25, 0.3) is 0 Å². The van der Waals surface area contributed by atoms with E-state index in [9.17, 15) is 14.7 Å². The molecule has 0 aromatic heterocycles. The Morgan fingerprint density at radius 3 is 2.38 bits per heavy atom. The van der Waals surface area contributed by atoms with E-state index in [1.807, 2.05) is 6.07 Å². The Bertz CT molecular complexity index is 588. The predicted molar refractivity (Wildman–Crippen MR) is 96.7 cm³/mol. The average Bonchev–Trinajstić information content (AvgIpc) is 2.56. The van der Waals surface area contributed by atoms with E-state index >= 15 is 0 Å². The number of carboxylic acid groups (broad SMARTS) is 1. The van der Waals surface area contributed by atoms with Crippen LogP contribution in [0.1, 0.15) is 56.8 Å². The molecular formula is C19H28N2O3. The number of piperidine rings is 1. The van der Waals surface area contributed by atoms with Crippen molar-refractivity contribution in [2.24, 2.45) is 11.8 Å². The molecule has 2 rings (SSSR count). The van der Waals surface area contributed by atoms with Gasteiger partial charge in [0.25, 0.3) is 0 Å². The Hall–Kier alpha value is -2.04. The predicted octanol–water partition coefficient (Wildman–Crippen LogP) is 4.00.